The van der Waals surface area contributed by atoms with Gasteiger partial charge in [0.2, 0.25) is 5.91 Å². The Morgan fingerprint density at radius 2 is 1.85 bits per heavy atom. The van der Waals surface area contributed by atoms with E-state index >= 15 is 0 Å². The molecule has 1 aromatic heterocycles. The summed E-state index contributed by atoms with van der Waals surface area (Å²) < 4.78 is 5.37. The van der Waals surface area contributed by atoms with E-state index < -0.39 is 0 Å². The van der Waals surface area contributed by atoms with Crippen molar-refractivity contribution in [1.82, 2.24) is 0 Å². The zero-order valence-corrected chi connectivity index (χ0v) is 16.3. The molecule has 138 valence electrons. The van der Waals surface area contributed by atoms with Crippen molar-refractivity contribution in [3.63, 3.8) is 0 Å². The summed E-state index contributed by atoms with van der Waals surface area (Å²) in [7, 11) is 1.58. The quantitative estimate of drug-likeness (QED) is 0.802. The van der Waals surface area contributed by atoms with Crippen molar-refractivity contribution in [3.05, 3.63) is 40.8 Å². The van der Waals surface area contributed by atoms with Crippen LogP contribution in [0.4, 0.5) is 10.7 Å². The van der Waals surface area contributed by atoms with Gasteiger partial charge in [0.1, 0.15) is 5.75 Å². The highest BCUT2D eigenvalue weighted by Crippen LogP contribution is 2.33. The lowest BCUT2D eigenvalue weighted by Gasteiger charge is -2.21. The van der Waals surface area contributed by atoms with Crippen LogP contribution >= 0.6 is 11.3 Å². The number of anilines is 2. The molecular weight excluding hydrogens is 348 g/mol. The normalized spacial score (nSPS) is 14.0. The van der Waals surface area contributed by atoms with Gasteiger partial charge in [-0.05, 0) is 48.1 Å². The summed E-state index contributed by atoms with van der Waals surface area (Å²) in [6.45, 7) is 6.36. The number of nitrogens with one attached hydrogen (secondary N) is 2. The minimum absolute atomic E-state index is 0.0328. The van der Waals surface area contributed by atoms with E-state index in [0.717, 1.165) is 18.4 Å². The Hall–Kier alpha value is -2.34. The Balaban J connectivity index is 1.75. The maximum absolute atomic E-state index is 12.6. The number of methoxy groups -OCH3 is 1. The van der Waals surface area contributed by atoms with E-state index in [2.05, 4.69) is 31.4 Å². The molecule has 2 amide bonds. The summed E-state index contributed by atoms with van der Waals surface area (Å²) in [6.07, 6.45) is 1.91. The number of rotatable bonds is 5. The molecule has 0 radical (unpaired) electrons. The van der Waals surface area contributed by atoms with E-state index in [1.807, 2.05) is 18.2 Å². The van der Waals surface area contributed by atoms with Gasteiger partial charge in [0, 0.05) is 5.92 Å². The van der Waals surface area contributed by atoms with Gasteiger partial charge in [0.05, 0.1) is 22.7 Å². The van der Waals surface area contributed by atoms with Crippen LogP contribution in [-0.2, 0) is 10.2 Å². The Kier molecular flexibility index (Phi) is 5.05. The number of hydrogen-bond acceptors (Lipinski definition) is 4. The average Bonchev–Trinajstić information content (AvgIpc) is 3.34. The second-order valence-electron chi connectivity index (χ2n) is 7.55. The predicted octanol–water partition coefficient (Wildman–Crippen LogP) is 4.66. The number of thiophene rings is 1. The zero-order valence-electron chi connectivity index (χ0n) is 15.5. The maximum Gasteiger partial charge on any atom is 0.265 e. The topological polar surface area (TPSA) is 67.4 Å². The minimum atomic E-state index is -0.216. The molecule has 0 bridgehead atoms. The van der Waals surface area contributed by atoms with E-state index in [1.54, 1.807) is 19.2 Å². The van der Waals surface area contributed by atoms with Crippen molar-refractivity contribution < 1.29 is 14.3 Å². The number of benzene rings is 1. The molecule has 1 aromatic carbocycles. The molecule has 5 nitrogen and oxygen atoms in total. The van der Waals surface area contributed by atoms with E-state index in [0.29, 0.717) is 21.3 Å². The van der Waals surface area contributed by atoms with Crippen LogP contribution in [0.25, 0.3) is 0 Å². The largest absolute Gasteiger partial charge is 0.495 e. The number of carbonyl (C=O) groups excluding carboxylic acids is 2. The van der Waals surface area contributed by atoms with E-state index in [4.69, 9.17) is 4.74 Å². The maximum atomic E-state index is 12.6. The van der Waals surface area contributed by atoms with Crippen LogP contribution in [0.3, 0.4) is 0 Å². The smallest absolute Gasteiger partial charge is 0.265 e. The first-order chi connectivity index (χ1) is 12.3. The van der Waals surface area contributed by atoms with Gasteiger partial charge < -0.3 is 15.4 Å². The van der Waals surface area contributed by atoms with Crippen LogP contribution < -0.4 is 15.4 Å². The molecule has 1 aliphatic rings. The third kappa shape index (κ3) is 4.25. The third-order valence-electron chi connectivity index (χ3n) is 4.34. The van der Waals surface area contributed by atoms with Crippen molar-refractivity contribution in [1.29, 1.82) is 0 Å². The molecular formula is C20H24N2O3S. The third-order valence-corrected chi connectivity index (χ3v) is 5.34. The fourth-order valence-electron chi connectivity index (χ4n) is 2.55. The molecule has 6 heteroatoms. The fourth-order valence-corrected chi connectivity index (χ4v) is 3.36. The zero-order chi connectivity index (χ0) is 18.9. The molecule has 0 saturated heterocycles. The fraction of sp³-hybridized carbons (Fsp3) is 0.400. The number of carbonyl (C=O) groups is 2. The molecule has 2 aromatic rings. The van der Waals surface area contributed by atoms with Gasteiger partial charge in [-0.3, -0.25) is 9.59 Å². The highest BCUT2D eigenvalue weighted by Gasteiger charge is 2.30. The molecule has 0 unspecified atom stereocenters. The van der Waals surface area contributed by atoms with E-state index in [-0.39, 0.29) is 23.1 Å². The Morgan fingerprint density at radius 3 is 2.46 bits per heavy atom. The lowest BCUT2D eigenvalue weighted by molar-refractivity contribution is -0.117. The molecule has 1 heterocycles. The second-order valence-corrected chi connectivity index (χ2v) is 8.63. The van der Waals surface area contributed by atoms with Crippen molar-refractivity contribution in [2.24, 2.45) is 5.92 Å². The van der Waals surface area contributed by atoms with Crippen molar-refractivity contribution in [2.75, 3.05) is 17.7 Å². The van der Waals surface area contributed by atoms with Crippen LogP contribution in [0.1, 0.15) is 48.8 Å². The van der Waals surface area contributed by atoms with Crippen LogP contribution in [0.2, 0.25) is 0 Å². The molecule has 0 aliphatic heterocycles. The number of ether oxygens (including phenoxy) is 1. The molecule has 26 heavy (non-hydrogen) atoms. The summed E-state index contributed by atoms with van der Waals surface area (Å²) in [6, 6.07) is 9.31. The van der Waals surface area contributed by atoms with E-state index in [9.17, 15) is 9.59 Å². The van der Waals surface area contributed by atoms with Crippen LogP contribution in [-0.4, -0.2) is 18.9 Å². The summed E-state index contributed by atoms with van der Waals surface area (Å²) in [4.78, 5) is 25.0. The summed E-state index contributed by atoms with van der Waals surface area (Å²) >= 11 is 1.27. The summed E-state index contributed by atoms with van der Waals surface area (Å²) in [5.41, 5.74) is 1.72. The van der Waals surface area contributed by atoms with Gasteiger partial charge in [-0.2, -0.15) is 0 Å². The van der Waals surface area contributed by atoms with Gasteiger partial charge in [0.15, 0.2) is 0 Å². The first-order valence-electron chi connectivity index (χ1n) is 8.68. The number of hydrogen-bond donors (Lipinski definition) is 2. The van der Waals surface area contributed by atoms with Gasteiger partial charge in [0.25, 0.3) is 5.91 Å². The number of amides is 2. The Morgan fingerprint density at radius 1 is 1.12 bits per heavy atom. The van der Waals surface area contributed by atoms with Crippen LogP contribution in [0.15, 0.2) is 30.3 Å². The van der Waals surface area contributed by atoms with Crippen molar-refractivity contribution >= 4 is 33.8 Å². The minimum Gasteiger partial charge on any atom is -0.495 e. The molecule has 2 N–H and O–H groups in total. The van der Waals surface area contributed by atoms with Crippen molar-refractivity contribution in [2.45, 2.75) is 39.0 Å². The molecule has 1 fully saturated rings. The average molecular weight is 372 g/mol. The lowest BCUT2D eigenvalue weighted by atomic mass is 9.87. The monoisotopic (exact) mass is 372 g/mol. The van der Waals surface area contributed by atoms with Gasteiger partial charge >= 0.3 is 0 Å². The van der Waals surface area contributed by atoms with Gasteiger partial charge in [-0.1, -0.05) is 26.8 Å². The molecule has 0 atom stereocenters. The first-order valence-corrected chi connectivity index (χ1v) is 9.50. The highest BCUT2D eigenvalue weighted by molar-refractivity contribution is 7.18. The summed E-state index contributed by atoms with van der Waals surface area (Å²) in [5.74, 6) is 0.577. The standard InChI is InChI=1S/C20H24N2O3S/c1-20(2,3)13-7-8-15(25-4)14(11-13)21-19(24)16-9-10-17(26-16)22-18(23)12-5-6-12/h7-12H,5-6H2,1-4H3,(H,21,24)(H,22,23). The van der Waals surface area contributed by atoms with Crippen molar-refractivity contribution in [3.8, 4) is 5.75 Å². The molecule has 1 aliphatic carbocycles. The molecule has 0 spiro atoms. The van der Waals surface area contributed by atoms with Crippen LogP contribution in [0.5, 0.6) is 5.75 Å². The highest BCUT2D eigenvalue weighted by atomic mass is 32.1. The first kappa shape index (κ1) is 18.5. The summed E-state index contributed by atoms with van der Waals surface area (Å²) in [5, 5.41) is 6.49. The second kappa shape index (κ2) is 7.11. The molecule has 3 rings (SSSR count). The van der Waals surface area contributed by atoms with Crippen LogP contribution in [0, 0.1) is 5.92 Å². The Bertz CT molecular complexity index is 832. The lowest BCUT2D eigenvalue weighted by Crippen LogP contribution is -2.15. The van der Waals surface area contributed by atoms with Gasteiger partial charge in [-0.15, -0.1) is 11.3 Å². The Labute approximate surface area is 157 Å². The predicted molar refractivity (Wildman–Crippen MR) is 105 cm³/mol. The molecule has 1 saturated carbocycles. The van der Waals surface area contributed by atoms with Gasteiger partial charge in [-0.25, -0.2) is 0 Å². The SMILES string of the molecule is COc1ccc(C(C)(C)C)cc1NC(=O)c1ccc(NC(=O)C2CC2)s1. The van der Waals surface area contributed by atoms with E-state index in [1.165, 1.54) is 11.3 Å².